The van der Waals surface area contributed by atoms with Crippen molar-refractivity contribution in [1.82, 2.24) is 0 Å². The third kappa shape index (κ3) is 1.46. The Kier molecular flexibility index (Phi) is 2.24. The van der Waals surface area contributed by atoms with E-state index in [1.54, 1.807) is 6.07 Å². The topological polar surface area (TPSA) is 86.3 Å². The minimum Gasteiger partial charge on any atom is -0.258 e. The Balaban J connectivity index is 2.92. The van der Waals surface area contributed by atoms with Crippen molar-refractivity contribution >= 4 is 22.1 Å². The molecule has 0 spiro atoms. The van der Waals surface area contributed by atoms with Gasteiger partial charge in [-0.25, -0.2) is 0 Å². The zero-order valence-corrected chi connectivity index (χ0v) is 7.91. The van der Waals surface area contributed by atoms with Crippen LogP contribution in [-0.2, 0) is 0 Å². The first-order valence-electron chi connectivity index (χ1n) is 4.33. The van der Waals surface area contributed by atoms with Crippen molar-refractivity contribution in [3.63, 3.8) is 0 Å². The van der Waals surface area contributed by atoms with Crippen LogP contribution in [0.3, 0.4) is 0 Å². The first-order chi connectivity index (χ1) is 7.61. The molecule has 6 heteroatoms. The molecular weight excluding hydrogens is 212 g/mol. The molecule has 0 aliphatic carbocycles. The summed E-state index contributed by atoms with van der Waals surface area (Å²) in [5, 5.41) is 21.9. The summed E-state index contributed by atoms with van der Waals surface area (Å²) in [5.74, 6) is 0. The van der Waals surface area contributed by atoms with Gasteiger partial charge in [0.1, 0.15) is 5.39 Å². The van der Waals surface area contributed by atoms with Crippen LogP contribution in [0.1, 0.15) is 0 Å². The van der Waals surface area contributed by atoms with Crippen molar-refractivity contribution in [2.24, 2.45) is 0 Å². The molecule has 2 aromatic carbocycles. The molecule has 2 rings (SSSR count). The van der Waals surface area contributed by atoms with E-state index in [4.69, 9.17) is 0 Å². The first-order valence-corrected chi connectivity index (χ1v) is 4.33. The lowest BCUT2D eigenvalue weighted by molar-refractivity contribution is -0.390. The van der Waals surface area contributed by atoms with E-state index in [0.717, 1.165) is 0 Å². The van der Waals surface area contributed by atoms with Crippen molar-refractivity contribution in [3.8, 4) is 0 Å². The van der Waals surface area contributed by atoms with E-state index < -0.39 is 9.85 Å². The number of fused-ring (bicyclic) bond motifs is 1. The minimum atomic E-state index is -0.636. The molecule has 0 N–H and O–H groups in total. The Labute approximate surface area is 89.4 Å². The summed E-state index contributed by atoms with van der Waals surface area (Å²) in [6.45, 7) is 0. The molecule has 0 amide bonds. The summed E-state index contributed by atoms with van der Waals surface area (Å²) in [6, 6.07) is 9.58. The van der Waals surface area contributed by atoms with Gasteiger partial charge in [-0.2, -0.15) is 0 Å². The van der Waals surface area contributed by atoms with Gasteiger partial charge in [-0.3, -0.25) is 20.2 Å². The molecule has 0 saturated carbocycles. The second kappa shape index (κ2) is 3.58. The molecule has 0 bridgehead atoms. The quantitative estimate of drug-likeness (QED) is 0.571. The maximum absolute atomic E-state index is 10.8. The number of hydrogen-bond donors (Lipinski definition) is 0. The van der Waals surface area contributed by atoms with E-state index in [9.17, 15) is 20.2 Å². The van der Waals surface area contributed by atoms with Crippen LogP contribution in [0, 0.1) is 26.3 Å². The molecule has 1 radical (unpaired) electrons. The molecule has 6 nitrogen and oxygen atoms in total. The number of rotatable bonds is 2. The van der Waals surface area contributed by atoms with Crippen LogP contribution < -0.4 is 0 Å². The van der Waals surface area contributed by atoms with Gasteiger partial charge in [0.15, 0.2) is 0 Å². The van der Waals surface area contributed by atoms with Gasteiger partial charge in [-0.15, -0.1) is 0 Å². The van der Waals surface area contributed by atoms with Crippen LogP contribution in [0.2, 0.25) is 0 Å². The fourth-order valence-corrected chi connectivity index (χ4v) is 1.53. The van der Waals surface area contributed by atoms with Crippen molar-refractivity contribution < 1.29 is 9.85 Å². The summed E-state index contributed by atoms with van der Waals surface area (Å²) in [4.78, 5) is 20.2. The maximum Gasteiger partial charge on any atom is 0.284 e. The van der Waals surface area contributed by atoms with Crippen LogP contribution >= 0.6 is 0 Å². The van der Waals surface area contributed by atoms with Gasteiger partial charge in [0.05, 0.1) is 9.85 Å². The van der Waals surface area contributed by atoms with E-state index in [-0.39, 0.29) is 16.8 Å². The summed E-state index contributed by atoms with van der Waals surface area (Å²) in [6.07, 6.45) is 0. The number of non-ortho nitro benzene ring substituents is 2. The van der Waals surface area contributed by atoms with Gasteiger partial charge < -0.3 is 0 Å². The lowest BCUT2D eigenvalue weighted by Crippen LogP contribution is -1.94. The van der Waals surface area contributed by atoms with Gasteiger partial charge in [0, 0.05) is 17.5 Å². The second-order valence-corrected chi connectivity index (χ2v) is 3.08. The summed E-state index contributed by atoms with van der Waals surface area (Å²) in [5.41, 5.74) is -0.554. The fourth-order valence-electron chi connectivity index (χ4n) is 1.53. The molecule has 2 aromatic rings. The molecular formula is C10H5N2O4. The molecule has 0 aromatic heterocycles. The standard InChI is InChI=1S/C10H5N2O4/c13-11(14)8-5-1-3-7-4-2-6-9(10(7)8)12(15)16/h1-3,5-6H. The van der Waals surface area contributed by atoms with E-state index in [0.29, 0.717) is 5.39 Å². The molecule has 0 aliphatic rings. The van der Waals surface area contributed by atoms with Gasteiger partial charge in [0.25, 0.3) is 11.4 Å². The highest BCUT2D eigenvalue weighted by atomic mass is 16.6. The van der Waals surface area contributed by atoms with Crippen LogP contribution in [0.25, 0.3) is 10.8 Å². The third-order valence-electron chi connectivity index (χ3n) is 2.17. The van der Waals surface area contributed by atoms with Crippen LogP contribution in [0.5, 0.6) is 0 Å². The summed E-state index contributed by atoms with van der Waals surface area (Å²) in [7, 11) is 0. The predicted octanol–water partition coefficient (Wildman–Crippen LogP) is 2.46. The smallest absolute Gasteiger partial charge is 0.258 e. The second-order valence-electron chi connectivity index (χ2n) is 3.08. The van der Waals surface area contributed by atoms with Gasteiger partial charge >= 0.3 is 0 Å². The maximum atomic E-state index is 10.8. The Bertz CT molecular complexity index is 546. The summed E-state index contributed by atoms with van der Waals surface area (Å²) >= 11 is 0. The van der Waals surface area contributed by atoms with Crippen LogP contribution in [0.4, 0.5) is 11.4 Å². The van der Waals surface area contributed by atoms with Crippen LogP contribution in [-0.4, -0.2) is 9.85 Å². The highest BCUT2D eigenvalue weighted by Crippen LogP contribution is 2.32. The number of hydrogen-bond acceptors (Lipinski definition) is 4. The van der Waals surface area contributed by atoms with E-state index in [2.05, 4.69) is 6.07 Å². The highest BCUT2D eigenvalue weighted by Gasteiger charge is 2.21. The molecule has 0 unspecified atom stereocenters. The normalized spacial score (nSPS) is 10.2. The molecule has 0 saturated heterocycles. The van der Waals surface area contributed by atoms with E-state index in [1.165, 1.54) is 24.3 Å². The average Bonchev–Trinajstić information content (AvgIpc) is 2.27. The Morgan fingerprint density at radius 3 is 2.25 bits per heavy atom. The van der Waals surface area contributed by atoms with Gasteiger partial charge in [-0.1, -0.05) is 12.1 Å². The Morgan fingerprint density at radius 2 is 1.62 bits per heavy atom. The largest absolute Gasteiger partial charge is 0.284 e. The molecule has 16 heavy (non-hydrogen) atoms. The monoisotopic (exact) mass is 217 g/mol. The highest BCUT2D eigenvalue weighted by molar-refractivity contribution is 5.97. The van der Waals surface area contributed by atoms with Crippen molar-refractivity contribution in [3.05, 3.63) is 56.6 Å². The number of benzene rings is 2. The molecule has 0 atom stereocenters. The molecule has 79 valence electrons. The minimum absolute atomic E-state index is 0.0139. The van der Waals surface area contributed by atoms with Gasteiger partial charge in [0.2, 0.25) is 0 Å². The average molecular weight is 217 g/mol. The van der Waals surface area contributed by atoms with Gasteiger partial charge in [-0.05, 0) is 12.1 Å². The van der Waals surface area contributed by atoms with Crippen molar-refractivity contribution in [2.75, 3.05) is 0 Å². The fraction of sp³-hybridized carbons (Fsp3) is 0. The predicted molar refractivity (Wildman–Crippen MR) is 56.1 cm³/mol. The number of nitro groups is 2. The summed E-state index contributed by atoms with van der Waals surface area (Å²) < 4.78 is 0. The number of nitrogens with zero attached hydrogens (tertiary/aromatic N) is 2. The zero-order chi connectivity index (χ0) is 11.7. The Morgan fingerprint density at radius 1 is 1.00 bits per heavy atom. The first kappa shape index (κ1) is 10.0. The van der Waals surface area contributed by atoms with E-state index >= 15 is 0 Å². The van der Waals surface area contributed by atoms with Crippen LogP contribution in [0.15, 0.2) is 30.3 Å². The van der Waals surface area contributed by atoms with Crippen molar-refractivity contribution in [2.45, 2.75) is 0 Å². The lowest BCUT2D eigenvalue weighted by atomic mass is 10.1. The van der Waals surface area contributed by atoms with Crippen molar-refractivity contribution in [1.29, 1.82) is 0 Å². The number of nitro benzene ring substituents is 2. The molecule has 0 aliphatic heterocycles. The van der Waals surface area contributed by atoms with E-state index in [1.807, 2.05) is 0 Å². The third-order valence-corrected chi connectivity index (χ3v) is 2.17. The Hall–Kier alpha value is -2.50. The molecule has 0 fully saturated rings. The zero-order valence-electron chi connectivity index (χ0n) is 7.91. The lowest BCUT2D eigenvalue weighted by Gasteiger charge is -1.99. The molecule has 0 heterocycles. The SMILES string of the molecule is O=[N+]([O-])c1cc[c]c2cccc([N+](=O)[O-])c12.